The second-order valence-electron chi connectivity index (χ2n) is 8.61. The van der Waals surface area contributed by atoms with E-state index < -0.39 is 6.04 Å². The number of amides is 2. The zero-order valence-corrected chi connectivity index (χ0v) is 15.6. The van der Waals surface area contributed by atoms with Gasteiger partial charge in [0.25, 0.3) is 0 Å². The van der Waals surface area contributed by atoms with Crippen molar-refractivity contribution >= 4 is 17.5 Å². The summed E-state index contributed by atoms with van der Waals surface area (Å²) in [7, 11) is 1.61. The Labute approximate surface area is 154 Å². The molecule has 0 aliphatic heterocycles. The number of methoxy groups -OCH3 is 1. The van der Waals surface area contributed by atoms with E-state index in [1.54, 1.807) is 38.3 Å². The lowest BCUT2D eigenvalue weighted by molar-refractivity contribution is -0.147. The number of hydrogen-bond donors (Lipinski definition) is 2. The summed E-state index contributed by atoms with van der Waals surface area (Å²) in [6, 6.07) is 6.65. The summed E-state index contributed by atoms with van der Waals surface area (Å²) >= 11 is 0. The Morgan fingerprint density at radius 3 is 2.08 bits per heavy atom. The molecule has 4 bridgehead atoms. The van der Waals surface area contributed by atoms with E-state index in [4.69, 9.17) is 4.74 Å². The van der Waals surface area contributed by atoms with Crippen LogP contribution in [0.4, 0.5) is 5.69 Å². The summed E-state index contributed by atoms with van der Waals surface area (Å²) in [5.41, 5.74) is 0.482. The number of benzene rings is 1. The van der Waals surface area contributed by atoms with E-state index >= 15 is 0 Å². The summed E-state index contributed by atoms with van der Waals surface area (Å²) in [5, 5.41) is 5.87. The maximum atomic E-state index is 13.0. The standard InChI is InChI=1S/C21H28N2O3/c1-13(19(24)23-17-3-5-18(26-2)6-4-17)22-20(25)21-10-14-7-15(11-21)9-16(8-14)12-21/h3-6,13-16H,7-12H2,1-2H3,(H,22,25)(H,23,24). The maximum Gasteiger partial charge on any atom is 0.246 e. The fraction of sp³-hybridized carbons (Fsp3) is 0.619. The van der Waals surface area contributed by atoms with Crippen LogP contribution in [0.1, 0.15) is 45.4 Å². The molecule has 0 heterocycles. The highest BCUT2D eigenvalue weighted by atomic mass is 16.5. The Kier molecular flexibility index (Phi) is 4.41. The molecule has 0 spiro atoms. The number of hydrogen-bond acceptors (Lipinski definition) is 3. The molecule has 1 aromatic rings. The molecule has 0 aromatic heterocycles. The van der Waals surface area contributed by atoms with Gasteiger partial charge in [0, 0.05) is 11.1 Å². The SMILES string of the molecule is COc1ccc(NC(=O)C(C)NC(=O)C23CC4CC(CC(C4)C2)C3)cc1. The van der Waals surface area contributed by atoms with Crippen LogP contribution in [0, 0.1) is 23.2 Å². The Hall–Kier alpha value is -2.04. The van der Waals surface area contributed by atoms with Crippen molar-refractivity contribution in [1.82, 2.24) is 5.32 Å². The average Bonchev–Trinajstić information content (AvgIpc) is 2.61. The topological polar surface area (TPSA) is 67.4 Å². The van der Waals surface area contributed by atoms with Crippen LogP contribution in [0.3, 0.4) is 0 Å². The van der Waals surface area contributed by atoms with Crippen molar-refractivity contribution < 1.29 is 14.3 Å². The molecule has 0 saturated heterocycles. The lowest BCUT2D eigenvalue weighted by Gasteiger charge is -2.55. The van der Waals surface area contributed by atoms with Crippen LogP contribution in [0.5, 0.6) is 5.75 Å². The van der Waals surface area contributed by atoms with Gasteiger partial charge >= 0.3 is 0 Å². The summed E-state index contributed by atoms with van der Waals surface area (Å²) in [6.07, 6.45) is 6.95. The molecule has 4 aliphatic rings. The lowest BCUT2D eigenvalue weighted by Crippen LogP contribution is -2.56. The van der Waals surface area contributed by atoms with Gasteiger partial charge in [-0.25, -0.2) is 0 Å². The van der Waals surface area contributed by atoms with Gasteiger partial charge in [-0.2, -0.15) is 0 Å². The molecule has 0 radical (unpaired) electrons. The molecule has 5 heteroatoms. The van der Waals surface area contributed by atoms with Crippen molar-refractivity contribution in [2.45, 2.75) is 51.5 Å². The highest BCUT2D eigenvalue weighted by Crippen LogP contribution is 2.60. The third-order valence-electron chi connectivity index (χ3n) is 6.62. The molecule has 4 fully saturated rings. The van der Waals surface area contributed by atoms with Crippen LogP contribution in [-0.2, 0) is 9.59 Å². The van der Waals surface area contributed by atoms with Gasteiger partial charge in [-0.1, -0.05) is 0 Å². The van der Waals surface area contributed by atoms with Crippen molar-refractivity contribution in [3.8, 4) is 5.75 Å². The Morgan fingerprint density at radius 1 is 1.04 bits per heavy atom. The molecule has 5 nitrogen and oxygen atoms in total. The Bertz CT molecular complexity index is 662. The van der Waals surface area contributed by atoms with Gasteiger partial charge in [0.05, 0.1) is 7.11 Å². The number of rotatable bonds is 5. The van der Waals surface area contributed by atoms with Crippen molar-refractivity contribution in [2.24, 2.45) is 23.2 Å². The summed E-state index contributed by atoms with van der Waals surface area (Å²) in [5.74, 6) is 2.80. The minimum absolute atomic E-state index is 0.0916. The Balaban J connectivity index is 1.37. The first-order valence-corrected chi connectivity index (χ1v) is 9.73. The predicted octanol–water partition coefficient (Wildman–Crippen LogP) is 3.35. The van der Waals surface area contributed by atoms with Gasteiger partial charge < -0.3 is 15.4 Å². The Morgan fingerprint density at radius 2 is 1.58 bits per heavy atom. The van der Waals surface area contributed by atoms with Gasteiger partial charge in [0.2, 0.25) is 11.8 Å². The van der Waals surface area contributed by atoms with Crippen LogP contribution in [-0.4, -0.2) is 25.0 Å². The number of ether oxygens (including phenoxy) is 1. The summed E-state index contributed by atoms with van der Waals surface area (Å²) in [6.45, 7) is 1.76. The lowest BCUT2D eigenvalue weighted by atomic mass is 9.49. The highest BCUT2D eigenvalue weighted by molar-refractivity contribution is 5.97. The van der Waals surface area contributed by atoms with Gasteiger partial charge in [0.15, 0.2) is 0 Å². The number of nitrogens with one attached hydrogen (secondary N) is 2. The molecular formula is C21H28N2O3. The normalized spacial score (nSPS) is 32.8. The molecule has 1 aromatic carbocycles. The summed E-state index contributed by atoms with van der Waals surface area (Å²) in [4.78, 5) is 25.5. The van der Waals surface area contributed by atoms with Crippen LogP contribution in [0.25, 0.3) is 0 Å². The maximum absolute atomic E-state index is 13.0. The third kappa shape index (κ3) is 3.19. The molecule has 5 rings (SSSR count). The van der Waals surface area contributed by atoms with Crippen LogP contribution in [0.2, 0.25) is 0 Å². The van der Waals surface area contributed by atoms with Crippen LogP contribution in [0.15, 0.2) is 24.3 Å². The second-order valence-corrected chi connectivity index (χ2v) is 8.61. The monoisotopic (exact) mass is 356 g/mol. The highest BCUT2D eigenvalue weighted by Gasteiger charge is 2.54. The quantitative estimate of drug-likeness (QED) is 0.850. The van der Waals surface area contributed by atoms with E-state index in [1.807, 2.05) is 0 Å². The molecule has 4 aliphatic carbocycles. The van der Waals surface area contributed by atoms with Crippen molar-refractivity contribution in [2.75, 3.05) is 12.4 Å². The second kappa shape index (κ2) is 6.60. The molecule has 1 unspecified atom stereocenters. The van der Waals surface area contributed by atoms with Crippen molar-refractivity contribution in [3.05, 3.63) is 24.3 Å². The first-order valence-electron chi connectivity index (χ1n) is 9.73. The molecule has 140 valence electrons. The first kappa shape index (κ1) is 17.4. The van der Waals surface area contributed by atoms with E-state index in [0.717, 1.165) is 42.8 Å². The molecular weight excluding hydrogens is 328 g/mol. The molecule has 4 saturated carbocycles. The van der Waals surface area contributed by atoms with Gasteiger partial charge in [-0.3, -0.25) is 9.59 Å². The predicted molar refractivity (Wildman–Crippen MR) is 99.8 cm³/mol. The van der Waals surface area contributed by atoms with Gasteiger partial charge in [0.1, 0.15) is 11.8 Å². The summed E-state index contributed by atoms with van der Waals surface area (Å²) < 4.78 is 5.12. The van der Waals surface area contributed by atoms with Gasteiger partial charge in [-0.15, -0.1) is 0 Å². The number of carbonyl (C=O) groups is 2. The smallest absolute Gasteiger partial charge is 0.246 e. The minimum atomic E-state index is -0.544. The molecule has 2 N–H and O–H groups in total. The van der Waals surface area contributed by atoms with E-state index in [-0.39, 0.29) is 17.2 Å². The molecule has 1 atom stereocenters. The minimum Gasteiger partial charge on any atom is -0.497 e. The van der Waals surface area contributed by atoms with Crippen LogP contribution >= 0.6 is 0 Å². The third-order valence-corrected chi connectivity index (χ3v) is 6.62. The molecule has 2 amide bonds. The number of carbonyl (C=O) groups excluding carboxylic acids is 2. The average molecular weight is 356 g/mol. The van der Waals surface area contributed by atoms with E-state index in [2.05, 4.69) is 10.6 Å². The van der Waals surface area contributed by atoms with E-state index in [0.29, 0.717) is 5.69 Å². The van der Waals surface area contributed by atoms with Crippen molar-refractivity contribution in [3.63, 3.8) is 0 Å². The van der Waals surface area contributed by atoms with Crippen LogP contribution < -0.4 is 15.4 Å². The largest absolute Gasteiger partial charge is 0.497 e. The fourth-order valence-electron chi connectivity index (χ4n) is 5.73. The van der Waals surface area contributed by atoms with Crippen molar-refractivity contribution in [1.29, 1.82) is 0 Å². The van der Waals surface area contributed by atoms with Gasteiger partial charge in [-0.05, 0) is 87.5 Å². The first-order chi connectivity index (χ1) is 12.5. The van der Waals surface area contributed by atoms with E-state index in [9.17, 15) is 9.59 Å². The number of anilines is 1. The molecule has 26 heavy (non-hydrogen) atoms. The van der Waals surface area contributed by atoms with E-state index in [1.165, 1.54) is 19.3 Å². The fourth-order valence-corrected chi connectivity index (χ4v) is 5.73. The zero-order chi connectivity index (χ0) is 18.3. The zero-order valence-electron chi connectivity index (χ0n) is 15.6.